The predicted molar refractivity (Wildman–Crippen MR) is 69.6 cm³/mol. The van der Waals surface area contributed by atoms with Crippen molar-refractivity contribution in [3.05, 3.63) is 12.2 Å². The van der Waals surface area contributed by atoms with E-state index >= 15 is 0 Å². The van der Waals surface area contributed by atoms with Gasteiger partial charge in [-0.15, -0.1) is 0 Å². The average Bonchev–Trinajstić information content (AvgIpc) is 2.93. The van der Waals surface area contributed by atoms with E-state index in [2.05, 4.69) is 29.0 Å². The minimum Gasteiger partial charge on any atom is -0.378 e. The zero-order chi connectivity index (χ0) is 11.7. The minimum absolute atomic E-state index is 0.476. The zero-order valence-electron chi connectivity index (χ0n) is 10.7. The monoisotopic (exact) mass is 234 g/mol. The van der Waals surface area contributed by atoms with Crippen molar-refractivity contribution >= 4 is 5.71 Å². The Bertz CT molecular complexity index is 340. The molecule has 0 aromatic heterocycles. The first-order chi connectivity index (χ1) is 8.26. The molecule has 0 aromatic rings. The van der Waals surface area contributed by atoms with Gasteiger partial charge < -0.3 is 4.74 Å². The number of likely N-dealkylation sites (tertiary alicyclic amines) is 1. The molecular weight excluding hydrogens is 212 g/mol. The van der Waals surface area contributed by atoms with Crippen LogP contribution >= 0.6 is 0 Å². The molecule has 0 aliphatic carbocycles. The van der Waals surface area contributed by atoms with Crippen LogP contribution in [0.4, 0.5) is 0 Å². The maximum Gasteiger partial charge on any atom is 0.0577 e. The van der Waals surface area contributed by atoms with Gasteiger partial charge in [0.25, 0.3) is 0 Å². The van der Waals surface area contributed by atoms with Crippen molar-refractivity contribution in [3.63, 3.8) is 0 Å². The van der Waals surface area contributed by atoms with E-state index < -0.39 is 0 Å². The van der Waals surface area contributed by atoms with Gasteiger partial charge in [-0.3, -0.25) is 9.89 Å². The molecule has 3 aliphatic heterocycles. The molecule has 3 rings (SSSR count). The molecule has 1 unspecified atom stereocenters. The van der Waals surface area contributed by atoms with Crippen molar-refractivity contribution in [3.8, 4) is 0 Å². The molecule has 0 bridgehead atoms. The fraction of sp³-hybridized carbons (Fsp3) is 0.786. The molecule has 3 heterocycles. The molecule has 3 aliphatic rings. The van der Waals surface area contributed by atoms with Gasteiger partial charge in [-0.1, -0.05) is 6.08 Å². The van der Waals surface area contributed by atoms with Crippen LogP contribution in [0.15, 0.2) is 17.1 Å². The Hall–Kier alpha value is -0.670. The number of piperidine rings is 1. The fourth-order valence-electron chi connectivity index (χ4n) is 3.32. The Morgan fingerprint density at radius 1 is 1.47 bits per heavy atom. The molecule has 0 aromatic carbocycles. The summed E-state index contributed by atoms with van der Waals surface area (Å²) in [5.74, 6) is 0. The normalized spacial score (nSPS) is 32.3. The number of hydrogen-bond acceptors (Lipinski definition) is 3. The van der Waals surface area contributed by atoms with E-state index in [0.717, 1.165) is 19.7 Å². The average molecular weight is 234 g/mol. The summed E-state index contributed by atoms with van der Waals surface area (Å²) in [6.07, 6.45) is 8.66. The second-order valence-corrected chi connectivity index (χ2v) is 5.84. The molecule has 2 fully saturated rings. The van der Waals surface area contributed by atoms with E-state index in [0.29, 0.717) is 11.5 Å². The van der Waals surface area contributed by atoms with Crippen molar-refractivity contribution < 1.29 is 4.74 Å². The van der Waals surface area contributed by atoms with Crippen LogP contribution < -0.4 is 0 Å². The van der Waals surface area contributed by atoms with Crippen LogP contribution in [-0.2, 0) is 4.74 Å². The molecule has 17 heavy (non-hydrogen) atoms. The highest BCUT2D eigenvalue weighted by atomic mass is 16.5. The van der Waals surface area contributed by atoms with Crippen LogP contribution in [0.3, 0.4) is 0 Å². The summed E-state index contributed by atoms with van der Waals surface area (Å²) >= 11 is 0. The molecule has 94 valence electrons. The minimum atomic E-state index is 0.476. The smallest absolute Gasteiger partial charge is 0.0577 e. The quantitative estimate of drug-likeness (QED) is 0.729. The van der Waals surface area contributed by atoms with Gasteiger partial charge in [-0.05, 0) is 50.8 Å². The number of aliphatic imine (C=N–C) groups is 1. The summed E-state index contributed by atoms with van der Waals surface area (Å²) in [5, 5.41) is 0. The standard InChI is InChI=1S/C14H22N2O/c1-12-9-14(11-17-12)4-7-16(8-5-14)10-13-3-2-6-15-13/h2-3,12H,4-11H2,1H3. The lowest BCUT2D eigenvalue weighted by molar-refractivity contribution is 0.0737. The lowest BCUT2D eigenvalue weighted by Crippen LogP contribution is -2.42. The first-order valence-corrected chi connectivity index (χ1v) is 6.80. The highest BCUT2D eigenvalue weighted by molar-refractivity contribution is 5.98. The molecule has 2 saturated heterocycles. The van der Waals surface area contributed by atoms with Gasteiger partial charge in [-0.25, -0.2) is 0 Å². The molecule has 3 heteroatoms. The summed E-state index contributed by atoms with van der Waals surface area (Å²) in [5.41, 5.74) is 1.76. The maximum atomic E-state index is 5.76. The first kappa shape index (κ1) is 11.4. The molecular formula is C14H22N2O. The molecule has 1 spiro atoms. The summed E-state index contributed by atoms with van der Waals surface area (Å²) in [4.78, 5) is 7.01. The second kappa shape index (κ2) is 4.54. The number of ether oxygens (including phenoxy) is 1. The van der Waals surface area contributed by atoms with E-state index in [1.54, 1.807) is 0 Å². The van der Waals surface area contributed by atoms with Crippen LogP contribution in [0.2, 0.25) is 0 Å². The highest BCUT2D eigenvalue weighted by Crippen LogP contribution is 2.41. The van der Waals surface area contributed by atoms with E-state index in [9.17, 15) is 0 Å². The molecule has 0 N–H and O–H groups in total. The Morgan fingerprint density at radius 2 is 2.29 bits per heavy atom. The lowest BCUT2D eigenvalue weighted by atomic mass is 9.77. The third kappa shape index (κ3) is 2.45. The van der Waals surface area contributed by atoms with E-state index in [-0.39, 0.29) is 0 Å². The van der Waals surface area contributed by atoms with Crippen LogP contribution in [-0.4, -0.2) is 49.5 Å². The SMILES string of the molecule is CC1CC2(CCN(CC3=NCC=C3)CC2)CO1. The largest absolute Gasteiger partial charge is 0.378 e. The third-order valence-corrected chi connectivity index (χ3v) is 4.41. The van der Waals surface area contributed by atoms with Crippen LogP contribution in [0, 0.1) is 5.41 Å². The lowest BCUT2D eigenvalue weighted by Gasteiger charge is -2.38. The Kier molecular flexibility index (Phi) is 3.05. The van der Waals surface area contributed by atoms with Crippen molar-refractivity contribution in [2.75, 3.05) is 32.8 Å². The van der Waals surface area contributed by atoms with Gasteiger partial charge >= 0.3 is 0 Å². The van der Waals surface area contributed by atoms with E-state index in [4.69, 9.17) is 4.74 Å². The van der Waals surface area contributed by atoms with Crippen molar-refractivity contribution in [1.29, 1.82) is 0 Å². The van der Waals surface area contributed by atoms with Crippen LogP contribution in [0.5, 0.6) is 0 Å². The van der Waals surface area contributed by atoms with E-state index in [1.165, 1.54) is 38.1 Å². The Morgan fingerprint density at radius 3 is 2.88 bits per heavy atom. The van der Waals surface area contributed by atoms with Gasteiger partial charge in [0.05, 0.1) is 19.3 Å². The predicted octanol–water partition coefficient (Wildman–Crippen LogP) is 1.89. The first-order valence-electron chi connectivity index (χ1n) is 6.80. The molecule has 0 radical (unpaired) electrons. The summed E-state index contributed by atoms with van der Waals surface area (Å²) < 4.78 is 5.76. The van der Waals surface area contributed by atoms with Gasteiger partial charge in [-0.2, -0.15) is 0 Å². The molecule has 0 saturated carbocycles. The van der Waals surface area contributed by atoms with Crippen molar-refractivity contribution in [2.24, 2.45) is 10.4 Å². The number of rotatable bonds is 2. The van der Waals surface area contributed by atoms with Crippen LogP contribution in [0.25, 0.3) is 0 Å². The Balaban J connectivity index is 1.52. The van der Waals surface area contributed by atoms with Gasteiger partial charge in [0.2, 0.25) is 0 Å². The second-order valence-electron chi connectivity index (χ2n) is 5.84. The number of hydrogen-bond donors (Lipinski definition) is 0. The van der Waals surface area contributed by atoms with Crippen LogP contribution in [0.1, 0.15) is 26.2 Å². The Labute approximate surface area is 104 Å². The maximum absolute atomic E-state index is 5.76. The highest BCUT2D eigenvalue weighted by Gasteiger charge is 2.40. The summed E-state index contributed by atoms with van der Waals surface area (Å²) in [6, 6.07) is 0. The summed E-state index contributed by atoms with van der Waals surface area (Å²) in [7, 11) is 0. The van der Waals surface area contributed by atoms with Gasteiger partial charge in [0, 0.05) is 12.3 Å². The molecule has 3 nitrogen and oxygen atoms in total. The zero-order valence-corrected chi connectivity index (χ0v) is 10.7. The van der Waals surface area contributed by atoms with Crippen molar-refractivity contribution in [2.45, 2.75) is 32.3 Å². The van der Waals surface area contributed by atoms with Gasteiger partial charge in [0.15, 0.2) is 0 Å². The fourth-order valence-corrected chi connectivity index (χ4v) is 3.32. The topological polar surface area (TPSA) is 24.8 Å². The molecule has 1 atom stereocenters. The third-order valence-electron chi connectivity index (χ3n) is 4.41. The summed E-state index contributed by atoms with van der Waals surface area (Å²) in [6.45, 7) is 7.55. The van der Waals surface area contributed by atoms with Crippen molar-refractivity contribution in [1.82, 2.24) is 4.90 Å². The van der Waals surface area contributed by atoms with Gasteiger partial charge in [0.1, 0.15) is 0 Å². The number of nitrogens with zero attached hydrogens (tertiary/aromatic N) is 2. The molecule has 0 amide bonds. The van der Waals surface area contributed by atoms with E-state index in [1.807, 2.05) is 0 Å².